The molecule has 1 aromatic heterocycles. The number of rotatable bonds is 7. The average Bonchev–Trinajstić information content (AvgIpc) is 2.45. The van der Waals surface area contributed by atoms with Crippen LogP contribution in [0.4, 0.5) is 5.82 Å². The SMILES string of the molecule is CS(=O)(=O)CCNc1cncc(SCc2ccccc2)n1. The summed E-state index contributed by atoms with van der Waals surface area (Å²) in [6.07, 6.45) is 4.51. The van der Waals surface area contributed by atoms with Crippen molar-refractivity contribution in [3.63, 3.8) is 0 Å². The van der Waals surface area contributed by atoms with Crippen molar-refractivity contribution in [2.45, 2.75) is 10.8 Å². The molecule has 2 rings (SSSR count). The maximum atomic E-state index is 11.1. The van der Waals surface area contributed by atoms with Gasteiger partial charge in [0.25, 0.3) is 0 Å². The number of aromatic nitrogens is 2. The first-order valence-electron chi connectivity index (χ1n) is 6.43. The van der Waals surface area contributed by atoms with Crippen LogP contribution in [0.2, 0.25) is 0 Å². The van der Waals surface area contributed by atoms with E-state index in [2.05, 4.69) is 27.4 Å². The highest BCUT2D eigenvalue weighted by Gasteiger charge is 2.03. The monoisotopic (exact) mass is 323 g/mol. The lowest BCUT2D eigenvalue weighted by Gasteiger charge is -2.06. The summed E-state index contributed by atoms with van der Waals surface area (Å²) in [5.74, 6) is 1.50. The minimum absolute atomic E-state index is 0.0794. The Bertz CT molecular complexity index is 676. The van der Waals surface area contributed by atoms with Gasteiger partial charge in [-0.05, 0) is 5.56 Å². The maximum Gasteiger partial charge on any atom is 0.149 e. The van der Waals surface area contributed by atoms with E-state index in [1.807, 2.05) is 18.2 Å². The Balaban J connectivity index is 1.88. The van der Waals surface area contributed by atoms with Crippen LogP contribution in [-0.4, -0.2) is 36.9 Å². The zero-order valence-electron chi connectivity index (χ0n) is 11.7. The Morgan fingerprint density at radius 1 is 1.19 bits per heavy atom. The number of thioether (sulfide) groups is 1. The lowest BCUT2D eigenvalue weighted by molar-refractivity contribution is 0.602. The first kappa shape index (κ1) is 15.8. The third-order valence-corrected chi connectivity index (χ3v) is 4.54. The van der Waals surface area contributed by atoms with E-state index in [9.17, 15) is 8.42 Å². The molecule has 0 fully saturated rings. The van der Waals surface area contributed by atoms with Gasteiger partial charge in [-0.25, -0.2) is 13.4 Å². The average molecular weight is 323 g/mol. The van der Waals surface area contributed by atoms with Crippen molar-refractivity contribution in [2.24, 2.45) is 0 Å². The normalized spacial score (nSPS) is 11.3. The minimum atomic E-state index is -2.97. The molecule has 0 amide bonds. The van der Waals surface area contributed by atoms with Gasteiger partial charge in [0.15, 0.2) is 0 Å². The van der Waals surface area contributed by atoms with E-state index in [4.69, 9.17) is 0 Å². The molecule has 0 unspecified atom stereocenters. The number of sulfone groups is 1. The molecule has 1 heterocycles. The van der Waals surface area contributed by atoms with Crippen molar-refractivity contribution in [2.75, 3.05) is 23.9 Å². The summed E-state index contributed by atoms with van der Waals surface area (Å²) in [6.45, 7) is 0.334. The maximum absolute atomic E-state index is 11.1. The van der Waals surface area contributed by atoms with Gasteiger partial charge >= 0.3 is 0 Å². The number of nitrogens with one attached hydrogen (secondary N) is 1. The highest BCUT2D eigenvalue weighted by molar-refractivity contribution is 7.98. The predicted octanol–water partition coefficient (Wildman–Crippen LogP) is 2.23. The van der Waals surface area contributed by atoms with E-state index in [0.717, 1.165) is 10.8 Å². The third-order valence-electron chi connectivity index (χ3n) is 2.62. The predicted molar refractivity (Wildman–Crippen MR) is 86.2 cm³/mol. The molecular weight excluding hydrogens is 306 g/mol. The second-order valence-electron chi connectivity index (χ2n) is 4.57. The summed E-state index contributed by atoms with van der Waals surface area (Å²) in [7, 11) is -2.97. The van der Waals surface area contributed by atoms with E-state index in [1.54, 1.807) is 24.2 Å². The molecule has 0 radical (unpaired) electrons. The van der Waals surface area contributed by atoms with Crippen LogP contribution in [-0.2, 0) is 15.6 Å². The Labute approximate surface area is 129 Å². The van der Waals surface area contributed by atoms with Crippen LogP contribution in [0, 0.1) is 0 Å². The van der Waals surface area contributed by atoms with Crippen LogP contribution < -0.4 is 5.32 Å². The number of nitrogens with zero attached hydrogens (tertiary/aromatic N) is 2. The van der Waals surface area contributed by atoms with Crippen LogP contribution in [0.3, 0.4) is 0 Å². The molecule has 0 aliphatic heterocycles. The molecule has 112 valence electrons. The Morgan fingerprint density at radius 3 is 2.67 bits per heavy atom. The molecular formula is C14H17N3O2S2. The summed E-state index contributed by atoms with van der Waals surface area (Å²) in [4.78, 5) is 8.52. The smallest absolute Gasteiger partial charge is 0.149 e. The summed E-state index contributed by atoms with van der Waals surface area (Å²) < 4.78 is 22.1. The van der Waals surface area contributed by atoms with Crippen molar-refractivity contribution >= 4 is 27.4 Å². The highest BCUT2D eigenvalue weighted by Crippen LogP contribution is 2.20. The van der Waals surface area contributed by atoms with E-state index >= 15 is 0 Å². The highest BCUT2D eigenvalue weighted by atomic mass is 32.2. The molecule has 1 N–H and O–H groups in total. The summed E-state index contributed by atoms with van der Waals surface area (Å²) >= 11 is 1.59. The lowest BCUT2D eigenvalue weighted by Crippen LogP contribution is -2.14. The van der Waals surface area contributed by atoms with Crippen molar-refractivity contribution in [3.05, 3.63) is 48.3 Å². The second-order valence-corrected chi connectivity index (χ2v) is 7.83. The Hall–Kier alpha value is -1.60. The third kappa shape index (κ3) is 6.14. The van der Waals surface area contributed by atoms with Gasteiger partial charge in [-0.15, -0.1) is 11.8 Å². The van der Waals surface area contributed by atoms with Crippen LogP contribution >= 0.6 is 11.8 Å². The Kier molecular flexibility index (Phi) is 5.58. The van der Waals surface area contributed by atoms with Crippen molar-refractivity contribution < 1.29 is 8.42 Å². The molecule has 1 aromatic carbocycles. The zero-order chi connectivity index (χ0) is 15.1. The number of benzene rings is 1. The fourth-order valence-electron chi connectivity index (χ4n) is 1.60. The molecule has 0 bridgehead atoms. The zero-order valence-corrected chi connectivity index (χ0v) is 13.3. The van der Waals surface area contributed by atoms with Gasteiger partial charge in [0.05, 0.1) is 18.1 Å². The lowest BCUT2D eigenvalue weighted by atomic mass is 10.2. The number of hydrogen-bond acceptors (Lipinski definition) is 6. The van der Waals surface area contributed by atoms with E-state index < -0.39 is 9.84 Å². The van der Waals surface area contributed by atoms with Crippen molar-refractivity contribution in [3.8, 4) is 0 Å². The molecule has 0 aliphatic rings. The molecule has 0 saturated carbocycles. The fourth-order valence-corrected chi connectivity index (χ4v) is 2.88. The molecule has 0 saturated heterocycles. The van der Waals surface area contributed by atoms with Crippen LogP contribution in [0.1, 0.15) is 5.56 Å². The van der Waals surface area contributed by atoms with Crippen LogP contribution in [0.5, 0.6) is 0 Å². The molecule has 0 spiro atoms. The van der Waals surface area contributed by atoms with Gasteiger partial charge in [-0.3, -0.25) is 4.98 Å². The summed E-state index contributed by atoms with van der Waals surface area (Å²) in [5.41, 5.74) is 1.22. The van der Waals surface area contributed by atoms with Gasteiger partial charge in [-0.2, -0.15) is 0 Å². The van der Waals surface area contributed by atoms with E-state index in [1.165, 1.54) is 11.8 Å². The first-order valence-corrected chi connectivity index (χ1v) is 9.48. The standard InChI is InChI=1S/C14H17N3O2S2/c1-21(18,19)8-7-16-13-9-15-10-14(17-13)20-11-12-5-3-2-4-6-12/h2-6,9-10H,7-8,11H2,1H3,(H,16,17). The van der Waals surface area contributed by atoms with E-state index in [0.29, 0.717) is 12.4 Å². The van der Waals surface area contributed by atoms with Crippen molar-refractivity contribution in [1.29, 1.82) is 0 Å². The van der Waals surface area contributed by atoms with Crippen LogP contribution in [0.15, 0.2) is 47.8 Å². The summed E-state index contributed by atoms with van der Waals surface area (Å²) in [5, 5.41) is 3.78. The van der Waals surface area contributed by atoms with Gasteiger partial charge < -0.3 is 5.32 Å². The topological polar surface area (TPSA) is 72.0 Å². The quantitative estimate of drug-likeness (QED) is 0.788. The van der Waals surface area contributed by atoms with Crippen molar-refractivity contribution in [1.82, 2.24) is 9.97 Å². The minimum Gasteiger partial charge on any atom is -0.368 e. The molecule has 0 aliphatic carbocycles. The molecule has 7 heteroatoms. The van der Waals surface area contributed by atoms with E-state index in [-0.39, 0.29) is 5.75 Å². The first-order chi connectivity index (χ1) is 10.0. The van der Waals surface area contributed by atoms with Gasteiger partial charge in [0.1, 0.15) is 20.7 Å². The fraction of sp³-hybridized carbons (Fsp3) is 0.286. The van der Waals surface area contributed by atoms with Gasteiger partial charge in [-0.1, -0.05) is 30.3 Å². The molecule has 5 nitrogen and oxygen atoms in total. The van der Waals surface area contributed by atoms with Gasteiger partial charge in [0.2, 0.25) is 0 Å². The van der Waals surface area contributed by atoms with Gasteiger partial charge in [0, 0.05) is 18.6 Å². The molecule has 2 aromatic rings. The number of hydrogen-bond donors (Lipinski definition) is 1. The van der Waals surface area contributed by atoms with Crippen LogP contribution in [0.25, 0.3) is 0 Å². The number of anilines is 1. The second kappa shape index (κ2) is 7.42. The summed E-state index contributed by atoms with van der Waals surface area (Å²) in [6, 6.07) is 10.1. The largest absolute Gasteiger partial charge is 0.368 e. The molecule has 21 heavy (non-hydrogen) atoms. The Morgan fingerprint density at radius 2 is 1.95 bits per heavy atom. The molecule has 0 atom stereocenters.